The normalized spacial score (nSPS) is 15.8. The monoisotopic (exact) mass is 318 g/mol. The highest BCUT2D eigenvalue weighted by atomic mass is 35.5. The highest BCUT2D eigenvalue weighted by Crippen LogP contribution is 2.32. The summed E-state index contributed by atoms with van der Waals surface area (Å²) < 4.78 is 26.9. The standard InChI is InChI=1S/C12H15ClN2O4S/c1-2-8(6-16)15-20(18,19)11-3-7-4-12(17)14-10(7)5-9(11)13/h3,5,8,15-16H,2,4,6H2,1H3,(H,14,17)/t8-/m0/s1. The highest BCUT2D eigenvalue weighted by Gasteiger charge is 2.26. The summed E-state index contributed by atoms with van der Waals surface area (Å²) >= 11 is 5.98. The molecule has 0 radical (unpaired) electrons. The van der Waals surface area contributed by atoms with Crippen LogP contribution in [0.2, 0.25) is 5.02 Å². The summed E-state index contributed by atoms with van der Waals surface area (Å²) in [5.74, 6) is -0.194. The number of carbonyl (C=O) groups excluding carboxylic acids is 1. The van der Waals surface area contributed by atoms with E-state index in [1.54, 1.807) is 6.92 Å². The van der Waals surface area contributed by atoms with E-state index in [4.69, 9.17) is 16.7 Å². The first-order chi connectivity index (χ1) is 9.37. The molecule has 1 amide bonds. The lowest BCUT2D eigenvalue weighted by atomic mass is 10.2. The molecular weight excluding hydrogens is 304 g/mol. The van der Waals surface area contributed by atoms with Crippen LogP contribution in [0, 0.1) is 0 Å². The minimum Gasteiger partial charge on any atom is -0.395 e. The average Bonchev–Trinajstić information content (AvgIpc) is 2.74. The fourth-order valence-corrected chi connectivity index (χ4v) is 3.85. The number of anilines is 1. The van der Waals surface area contributed by atoms with Gasteiger partial charge in [-0.3, -0.25) is 4.79 Å². The molecule has 1 aromatic carbocycles. The smallest absolute Gasteiger partial charge is 0.242 e. The van der Waals surface area contributed by atoms with Crippen LogP contribution in [-0.4, -0.2) is 32.1 Å². The van der Waals surface area contributed by atoms with Gasteiger partial charge in [0.1, 0.15) is 4.90 Å². The van der Waals surface area contributed by atoms with Crippen molar-refractivity contribution in [2.24, 2.45) is 0 Å². The molecule has 6 nitrogen and oxygen atoms in total. The molecular formula is C12H15ClN2O4S. The van der Waals surface area contributed by atoms with Gasteiger partial charge in [0.25, 0.3) is 0 Å². The molecule has 0 bridgehead atoms. The van der Waals surface area contributed by atoms with E-state index in [-0.39, 0.29) is 28.9 Å². The van der Waals surface area contributed by atoms with Crippen molar-refractivity contribution in [3.05, 3.63) is 22.7 Å². The highest BCUT2D eigenvalue weighted by molar-refractivity contribution is 7.89. The molecule has 1 aliphatic rings. The van der Waals surface area contributed by atoms with Crippen LogP contribution in [0.4, 0.5) is 5.69 Å². The lowest BCUT2D eigenvalue weighted by molar-refractivity contribution is -0.115. The predicted molar refractivity (Wildman–Crippen MR) is 75.3 cm³/mol. The Morgan fingerprint density at radius 3 is 2.80 bits per heavy atom. The second kappa shape index (κ2) is 5.69. The van der Waals surface area contributed by atoms with Gasteiger partial charge in [0, 0.05) is 11.7 Å². The van der Waals surface area contributed by atoms with Crippen molar-refractivity contribution in [2.75, 3.05) is 11.9 Å². The van der Waals surface area contributed by atoms with Crippen LogP contribution in [0.3, 0.4) is 0 Å². The molecule has 1 atom stereocenters. The number of nitrogens with one attached hydrogen (secondary N) is 2. The lowest BCUT2D eigenvalue weighted by Crippen LogP contribution is -2.37. The molecule has 3 N–H and O–H groups in total. The Bertz CT molecular complexity index is 641. The molecule has 0 saturated heterocycles. The predicted octanol–water partition coefficient (Wildman–Crippen LogP) is 0.884. The number of sulfonamides is 1. The van der Waals surface area contributed by atoms with Gasteiger partial charge < -0.3 is 10.4 Å². The fraction of sp³-hybridized carbons (Fsp3) is 0.417. The van der Waals surface area contributed by atoms with Gasteiger partial charge in [0.15, 0.2) is 0 Å². The van der Waals surface area contributed by atoms with Crippen LogP contribution in [-0.2, 0) is 21.2 Å². The van der Waals surface area contributed by atoms with Crippen LogP contribution in [0.1, 0.15) is 18.9 Å². The van der Waals surface area contributed by atoms with Gasteiger partial charge in [0.2, 0.25) is 15.9 Å². The van der Waals surface area contributed by atoms with Crippen LogP contribution in [0.5, 0.6) is 0 Å². The minimum absolute atomic E-state index is 0.0336. The largest absolute Gasteiger partial charge is 0.395 e. The first-order valence-electron chi connectivity index (χ1n) is 6.13. The topological polar surface area (TPSA) is 95.5 Å². The maximum atomic E-state index is 12.3. The van der Waals surface area contributed by atoms with Gasteiger partial charge in [-0.25, -0.2) is 13.1 Å². The molecule has 0 fully saturated rings. The van der Waals surface area contributed by atoms with Crippen molar-refractivity contribution >= 4 is 33.2 Å². The van der Waals surface area contributed by atoms with E-state index < -0.39 is 16.1 Å². The van der Waals surface area contributed by atoms with Crippen LogP contribution >= 0.6 is 11.6 Å². The first-order valence-corrected chi connectivity index (χ1v) is 7.99. The SMILES string of the molecule is CC[C@@H](CO)NS(=O)(=O)c1cc2c(cc1Cl)NC(=O)C2. The van der Waals surface area contributed by atoms with E-state index in [2.05, 4.69) is 10.0 Å². The molecule has 20 heavy (non-hydrogen) atoms. The number of rotatable bonds is 5. The second-order valence-electron chi connectivity index (χ2n) is 4.57. The van der Waals surface area contributed by atoms with Gasteiger partial charge in [0.05, 0.1) is 18.1 Å². The Hall–Kier alpha value is -1.15. The summed E-state index contributed by atoms with van der Waals surface area (Å²) in [4.78, 5) is 11.2. The molecule has 0 aliphatic carbocycles. The fourth-order valence-electron chi connectivity index (χ4n) is 1.96. The summed E-state index contributed by atoms with van der Waals surface area (Å²) in [5, 5.41) is 11.7. The van der Waals surface area contributed by atoms with Gasteiger partial charge >= 0.3 is 0 Å². The van der Waals surface area contributed by atoms with Crippen molar-refractivity contribution in [3.8, 4) is 0 Å². The van der Waals surface area contributed by atoms with E-state index in [0.29, 0.717) is 17.7 Å². The third kappa shape index (κ3) is 2.95. The molecule has 2 rings (SSSR count). The van der Waals surface area contributed by atoms with Gasteiger partial charge in [-0.2, -0.15) is 0 Å². The van der Waals surface area contributed by atoms with Gasteiger partial charge in [-0.1, -0.05) is 18.5 Å². The Balaban J connectivity index is 2.38. The number of aliphatic hydroxyl groups is 1. The van der Waals surface area contributed by atoms with E-state index in [1.807, 2.05) is 0 Å². The summed E-state index contributed by atoms with van der Waals surface area (Å²) in [6.45, 7) is 1.47. The molecule has 8 heteroatoms. The van der Waals surface area contributed by atoms with E-state index in [1.165, 1.54) is 12.1 Å². The minimum atomic E-state index is -3.83. The van der Waals surface area contributed by atoms with Crippen LogP contribution in [0.15, 0.2) is 17.0 Å². The number of hydrogen-bond acceptors (Lipinski definition) is 4. The van der Waals surface area contributed by atoms with Crippen molar-refractivity contribution in [1.82, 2.24) is 4.72 Å². The molecule has 0 saturated carbocycles. The lowest BCUT2D eigenvalue weighted by Gasteiger charge is -2.15. The van der Waals surface area contributed by atoms with Crippen molar-refractivity contribution in [2.45, 2.75) is 30.7 Å². The number of benzene rings is 1. The molecule has 0 spiro atoms. The number of carbonyl (C=O) groups is 1. The van der Waals surface area contributed by atoms with Gasteiger partial charge in [-0.15, -0.1) is 0 Å². The third-order valence-electron chi connectivity index (χ3n) is 3.11. The maximum absolute atomic E-state index is 12.3. The van der Waals surface area contributed by atoms with Crippen LogP contribution < -0.4 is 10.0 Å². The zero-order valence-corrected chi connectivity index (χ0v) is 12.4. The summed E-state index contributed by atoms with van der Waals surface area (Å²) in [5.41, 5.74) is 1.13. The van der Waals surface area contributed by atoms with E-state index >= 15 is 0 Å². The molecule has 1 aliphatic heterocycles. The Morgan fingerprint density at radius 2 is 2.20 bits per heavy atom. The van der Waals surface area contributed by atoms with E-state index in [0.717, 1.165) is 0 Å². The van der Waals surface area contributed by atoms with Crippen molar-refractivity contribution in [1.29, 1.82) is 0 Å². The number of fused-ring (bicyclic) bond motifs is 1. The molecule has 0 unspecified atom stereocenters. The molecule has 1 aromatic rings. The molecule has 1 heterocycles. The Morgan fingerprint density at radius 1 is 1.50 bits per heavy atom. The Labute approximate surface area is 122 Å². The third-order valence-corrected chi connectivity index (χ3v) is 5.09. The summed E-state index contributed by atoms with van der Waals surface area (Å²) in [6, 6.07) is 2.25. The van der Waals surface area contributed by atoms with Crippen LogP contribution in [0.25, 0.3) is 0 Å². The summed E-state index contributed by atoms with van der Waals surface area (Å²) in [7, 11) is -3.83. The average molecular weight is 319 g/mol. The van der Waals surface area contributed by atoms with Crippen molar-refractivity contribution in [3.63, 3.8) is 0 Å². The number of halogens is 1. The summed E-state index contributed by atoms with van der Waals surface area (Å²) in [6.07, 6.45) is 0.588. The second-order valence-corrected chi connectivity index (χ2v) is 6.66. The molecule has 0 aromatic heterocycles. The number of amides is 1. The van der Waals surface area contributed by atoms with E-state index in [9.17, 15) is 13.2 Å². The Kier molecular flexibility index (Phi) is 4.33. The number of aliphatic hydroxyl groups excluding tert-OH is 1. The van der Waals surface area contributed by atoms with Gasteiger partial charge in [-0.05, 0) is 24.1 Å². The zero-order chi connectivity index (χ0) is 14.9. The quantitative estimate of drug-likeness (QED) is 0.751. The molecule has 110 valence electrons. The maximum Gasteiger partial charge on any atom is 0.242 e. The number of hydrogen-bond donors (Lipinski definition) is 3. The zero-order valence-electron chi connectivity index (χ0n) is 10.8. The first kappa shape index (κ1) is 15.2. The van der Waals surface area contributed by atoms with Crippen molar-refractivity contribution < 1.29 is 18.3 Å².